The number of aryl methyl sites for hydroxylation is 1. The van der Waals surface area contributed by atoms with Gasteiger partial charge >= 0.3 is 0 Å². The molecule has 110 valence electrons. The van der Waals surface area contributed by atoms with Crippen LogP contribution < -0.4 is 5.73 Å². The second-order valence-electron chi connectivity index (χ2n) is 5.04. The highest BCUT2D eigenvalue weighted by atomic mass is 32.1. The lowest BCUT2D eigenvalue weighted by Crippen LogP contribution is -2.54. The second-order valence-corrected chi connectivity index (χ2v) is 5.52. The number of piperazine rings is 1. The lowest BCUT2D eigenvalue weighted by molar-refractivity contribution is 0.0602. The van der Waals surface area contributed by atoms with Gasteiger partial charge in [0, 0.05) is 33.2 Å². The number of thiocarbonyl (C=S) groups is 1. The fraction of sp³-hybridized carbons (Fsp3) is 0.615. The summed E-state index contributed by atoms with van der Waals surface area (Å²) in [4.78, 5) is 21.0. The maximum absolute atomic E-state index is 12.4. The van der Waals surface area contributed by atoms with E-state index in [2.05, 4.69) is 16.8 Å². The van der Waals surface area contributed by atoms with E-state index in [-0.39, 0.29) is 11.9 Å². The molecule has 7 heteroatoms. The van der Waals surface area contributed by atoms with Crippen LogP contribution in [0.5, 0.6) is 0 Å². The van der Waals surface area contributed by atoms with Crippen LogP contribution in [0.3, 0.4) is 0 Å². The smallest absolute Gasteiger partial charge is 0.272 e. The fourth-order valence-electron chi connectivity index (χ4n) is 2.60. The lowest BCUT2D eigenvalue weighted by atomic mass is 10.1. The molecule has 0 bridgehead atoms. The molecule has 1 aromatic rings. The van der Waals surface area contributed by atoms with Crippen molar-refractivity contribution in [2.24, 2.45) is 12.8 Å². The maximum Gasteiger partial charge on any atom is 0.272 e. The first-order valence-electron chi connectivity index (χ1n) is 6.83. The average molecular weight is 295 g/mol. The van der Waals surface area contributed by atoms with E-state index in [1.165, 1.54) is 0 Å². The number of hydrogen-bond acceptors (Lipinski definition) is 4. The van der Waals surface area contributed by atoms with Crippen LogP contribution in [0.25, 0.3) is 0 Å². The first kappa shape index (κ1) is 14.9. The maximum atomic E-state index is 12.4. The van der Waals surface area contributed by atoms with Crippen LogP contribution in [0.15, 0.2) is 12.5 Å². The van der Waals surface area contributed by atoms with E-state index in [4.69, 9.17) is 18.0 Å². The molecule has 1 unspecified atom stereocenters. The van der Waals surface area contributed by atoms with Gasteiger partial charge in [0.05, 0.1) is 23.6 Å². The molecule has 0 aliphatic carbocycles. The monoisotopic (exact) mass is 295 g/mol. The molecule has 0 spiro atoms. The van der Waals surface area contributed by atoms with Gasteiger partial charge in [-0.15, -0.1) is 0 Å². The highest BCUT2D eigenvalue weighted by Crippen LogP contribution is 2.12. The molecule has 0 saturated carbocycles. The van der Waals surface area contributed by atoms with Gasteiger partial charge in [0.15, 0.2) is 0 Å². The van der Waals surface area contributed by atoms with Crippen molar-refractivity contribution in [3.05, 3.63) is 18.2 Å². The van der Waals surface area contributed by atoms with Gasteiger partial charge < -0.3 is 15.2 Å². The summed E-state index contributed by atoms with van der Waals surface area (Å²) in [6.45, 7) is 5.09. The number of carbonyl (C=O) groups excluding carboxylic acids is 1. The molecule has 2 rings (SSSR count). The standard InChI is InChI=1S/C13H21N5OS/c1-3-10(12(14)20)17-4-6-18(7-5-17)13(19)11-8-15-9-16(11)2/h8-10H,3-7H2,1-2H3,(H2,14,20). The normalized spacial score (nSPS) is 18.0. The molecule has 1 fully saturated rings. The van der Waals surface area contributed by atoms with E-state index in [0.29, 0.717) is 23.8 Å². The largest absolute Gasteiger partial charge is 0.392 e. The molecular weight excluding hydrogens is 274 g/mol. The van der Waals surface area contributed by atoms with Gasteiger partial charge in [0.2, 0.25) is 0 Å². The molecule has 2 N–H and O–H groups in total. The highest BCUT2D eigenvalue weighted by Gasteiger charge is 2.27. The van der Waals surface area contributed by atoms with Crippen LogP contribution >= 0.6 is 12.2 Å². The Kier molecular flexibility index (Phi) is 4.72. The first-order valence-corrected chi connectivity index (χ1v) is 7.24. The molecule has 1 saturated heterocycles. The minimum absolute atomic E-state index is 0.0352. The van der Waals surface area contributed by atoms with E-state index in [1.54, 1.807) is 17.1 Å². The summed E-state index contributed by atoms with van der Waals surface area (Å²) in [6.07, 6.45) is 4.16. The van der Waals surface area contributed by atoms with Gasteiger partial charge in [-0.05, 0) is 6.42 Å². The molecule has 0 aromatic carbocycles. The van der Waals surface area contributed by atoms with Crippen LogP contribution in [0.1, 0.15) is 23.8 Å². The third kappa shape index (κ3) is 2.99. The van der Waals surface area contributed by atoms with Crippen LogP contribution in [0, 0.1) is 0 Å². The number of carbonyl (C=O) groups is 1. The SMILES string of the molecule is CCC(C(N)=S)N1CCN(C(=O)c2cncn2C)CC1. The van der Waals surface area contributed by atoms with Gasteiger partial charge in [-0.25, -0.2) is 4.98 Å². The Hall–Kier alpha value is -1.47. The van der Waals surface area contributed by atoms with Crippen molar-refractivity contribution in [2.45, 2.75) is 19.4 Å². The number of hydrogen-bond donors (Lipinski definition) is 1. The van der Waals surface area contributed by atoms with Gasteiger partial charge in [0.1, 0.15) is 5.69 Å². The van der Waals surface area contributed by atoms with E-state index < -0.39 is 0 Å². The summed E-state index contributed by atoms with van der Waals surface area (Å²) in [5.74, 6) is 0.0352. The predicted octanol–water partition coefficient (Wildman–Crippen LogP) is 0.243. The quantitative estimate of drug-likeness (QED) is 0.806. The summed E-state index contributed by atoms with van der Waals surface area (Å²) < 4.78 is 1.75. The van der Waals surface area contributed by atoms with Crippen molar-refractivity contribution < 1.29 is 4.79 Å². The number of amides is 1. The third-order valence-electron chi connectivity index (χ3n) is 3.79. The molecule has 1 aliphatic rings. The molecule has 6 nitrogen and oxygen atoms in total. The summed E-state index contributed by atoms with van der Waals surface area (Å²) in [5, 5.41) is 0. The summed E-state index contributed by atoms with van der Waals surface area (Å²) in [6, 6.07) is 0.138. The van der Waals surface area contributed by atoms with Crippen LogP contribution in [0.2, 0.25) is 0 Å². The number of rotatable bonds is 4. The van der Waals surface area contributed by atoms with Crippen molar-refractivity contribution in [2.75, 3.05) is 26.2 Å². The third-order valence-corrected chi connectivity index (χ3v) is 4.07. The van der Waals surface area contributed by atoms with Crippen molar-refractivity contribution in [3.8, 4) is 0 Å². The Labute approximate surface area is 124 Å². The zero-order chi connectivity index (χ0) is 14.7. The van der Waals surface area contributed by atoms with Gasteiger partial charge in [-0.2, -0.15) is 0 Å². The second kappa shape index (κ2) is 6.32. The van der Waals surface area contributed by atoms with Crippen LogP contribution in [-0.2, 0) is 7.05 Å². The molecule has 1 aliphatic heterocycles. The first-order chi connectivity index (χ1) is 9.54. The summed E-state index contributed by atoms with van der Waals surface area (Å²) in [7, 11) is 1.83. The molecule has 1 amide bonds. The Balaban J connectivity index is 1.96. The van der Waals surface area contributed by atoms with Crippen molar-refractivity contribution in [1.82, 2.24) is 19.4 Å². The van der Waals surface area contributed by atoms with Gasteiger partial charge in [0.25, 0.3) is 5.91 Å². The van der Waals surface area contributed by atoms with E-state index >= 15 is 0 Å². The Morgan fingerprint density at radius 3 is 2.55 bits per heavy atom. The molecular formula is C13H21N5OS. The minimum Gasteiger partial charge on any atom is -0.392 e. The van der Waals surface area contributed by atoms with Gasteiger partial charge in [-0.3, -0.25) is 9.69 Å². The van der Waals surface area contributed by atoms with E-state index in [1.807, 2.05) is 11.9 Å². The predicted molar refractivity (Wildman–Crippen MR) is 81.5 cm³/mol. The highest BCUT2D eigenvalue weighted by molar-refractivity contribution is 7.80. The Bertz CT molecular complexity index is 493. The van der Waals surface area contributed by atoms with Gasteiger partial charge in [-0.1, -0.05) is 19.1 Å². The molecule has 1 atom stereocenters. The topological polar surface area (TPSA) is 67.4 Å². The summed E-state index contributed by atoms with van der Waals surface area (Å²) in [5.41, 5.74) is 6.39. The zero-order valence-electron chi connectivity index (χ0n) is 12.0. The minimum atomic E-state index is 0.0352. The number of nitrogens with zero attached hydrogens (tertiary/aromatic N) is 4. The molecule has 2 heterocycles. The molecule has 20 heavy (non-hydrogen) atoms. The number of aromatic nitrogens is 2. The van der Waals surface area contributed by atoms with Crippen LogP contribution in [0.4, 0.5) is 0 Å². The van der Waals surface area contributed by atoms with E-state index in [9.17, 15) is 4.79 Å². The Morgan fingerprint density at radius 2 is 2.10 bits per heavy atom. The molecule has 1 aromatic heterocycles. The zero-order valence-corrected chi connectivity index (χ0v) is 12.8. The van der Waals surface area contributed by atoms with Crippen LogP contribution in [-0.4, -0.2) is 62.5 Å². The molecule has 0 radical (unpaired) electrons. The average Bonchev–Trinajstić information content (AvgIpc) is 2.85. The van der Waals surface area contributed by atoms with E-state index in [0.717, 1.165) is 19.5 Å². The summed E-state index contributed by atoms with van der Waals surface area (Å²) >= 11 is 5.10. The number of nitrogens with two attached hydrogens (primary N) is 1. The van der Waals surface area contributed by atoms with Crippen molar-refractivity contribution in [3.63, 3.8) is 0 Å². The number of imidazole rings is 1. The van der Waals surface area contributed by atoms with Crippen molar-refractivity contribution in [1.29, 1.82) is 0 Å². The Morgan fingerprint density at radius 1 is 1.45 bits per heavy atom. The fourth-order valence-corrected chi connectivity index (χ4v) is 2.92. The van der Waals surface area contributed by atoms with Crippen molar-refractivity contribution >= 4 is 23.1 Å². The lowest BCUT2D eigenvalue weighted by Gasteiger charge is -2.38.